The molecule has 2 aromatic carbocycles. The molecule has 2 aromatic rings. The minimum Gasteiger partial charge on any atom is -0.496 e. The SMILES string of the molecule is CN=C(NCCOCc1ccccc1OC)NC(C)c1ccccc1. The third kappa shape index (κ3) is 6.12. The second-order valence-corrected chi connectivity index (χ2v) is 5.64. The Labute approximate surface area is 150 Å². The number of nitrogens with one attached hydrogen (secondary N) is 2. The molecule has 0 aliphatic carbocycles. The van der Waals surface area contributed by atoms with Crippen molar-refractivity contribution in [3.05, 3.63) is 65.7 Å². The van der Waals surface area contributed by atoms with E-state index in [2.05, 4.69) is 34.7 Å². The van der Waals surface area contributed by atoms with Crippen LogP contribution in [0.5, 0.6) is 5.75 Å². The molecule has 0 amide bonds. The normalized spacial score (nSPS) is 12.5. The van der Waals surface area contributed by atoms with E-state index in [9.17, 15) is 0 Å². The number of aliphatic imine (C=N–C) groups is 1. The number of guanidine groups is 1. The predicted molar refractivity (Wildman–Crippen MR) is 102 cm³/mol. The monoisotopic (exact) mass is 341 g/mol. The van der Waals surface area contributed by atoms with Gasteiger partial charge >= 0.3 is 0 Å². The third-order valence-corrected chi connectivity index (χ3v) is 3.87. The van der Waals surface area contributed by atoms with Gasteiger partial charge in [0.1, 0.15) is 5.75 Å². The summed E-state index contributed by atoms with van der Waals surface area (Å²) in [6.45, 7) is 3.90. The zero-order chi connectivity index (χ0) is 17.9. The number of hydrogen-bond acceptors (Lipinski definition) is 3. The summed E-state index contributed by atoms with van der Waals surface area (Å²) in [5.74, 6) is 1.61. The van der Waals surface area contributed by atoms with Crippen LogP contribution in [0.25, 0.3) is 0 Å². The van der Waals surface area contributed by atoms with E-state index in [1.54, 1.807) is 14.2 Å². The Morgan fingerprint density at radius 1 is 1.08 bits per heavy atom. The molecule has 1 atom stereocenters. The number of para-hydroxylation sites is 1. The van der Waals surface area contributed by atoms with Crippen LogP contribution in [0.3, 0.4) is 0 Å². The summed E-state index contributed by atoms with van der Waals surface area (Å²) in [4.78, 5) is 4.26. The lowest BCUT2D eigenvalue weighted by atomic mass is 10.1. The topological polar surface area (TPSA) is 54.9 Å². The molecular formula is C20H27N3O2. The first kappa shape index (κ1) is 18.8. The minimum absolute atomic E-state index is 0.182. The highest BCUT2D eigenvalue weighted by Gasteiger charge is 2.07. The molecule has 0 bridgehead atoms. The van der Waals surface area contributed by atoms with Gasteiger partial charge in [0.05, 0.1) is 26.4 Å². The lowest BCUT2D eigenvalue weighted by Crippen LogP contribution is -2.40. The van der Waals surface area contributed by atoms with Gasteiger partial charge in [0.25, 0.3) is 0 Å². The number of hydrogen-bond donors (Lipinski definition) is 2. The molecule has 25 heavy (non-hydrogen) atoms. The molecule has 0 spiro atoms. The quantitative estimate of drug-likeness (QED) is 0.440. The molecular weight excluding hydrogens is 314 g/mol. The van der Waals surface area contributed by atoms with E-state index in [0.29, 0.717) is 19.8 Å². The maximum absolute atomic E-state index is 5.72. The lowest BCUT2D eigenvalue weighted by molar-refractivity contribution is 0.123. The summed E-state index contributed by atoms with van der Waals surface area (Å²) in [5.41, 5.74) is 2.27. The van der Waals surface area contributed by atoms with E-state index in [-0.39, 0.29) is 6.04 Å². The largest absolute Gasteiger partial charge is 0.496 e. The molecule has 0 aliphatic rings. The van der Waals surface area contributed by atoms with E-state index in [1.165, 1.54) is 5.56 Å². The van der Waals surface area contributed by atoms with Crippen LogP contribution >= 0.6 is 0 Å². The zero-order valence-electron chi connectivity index (χ0n) is 15.2. The molecule has 1 unspecified atom stereocenters. The number of benzene rings is 2. The number of methoxy groups -OCH3 is 1. The highest BCUT2D eigenvalue weighted by molar-refractivity contribution is 5.80. The molecule has 0 saturated heterocycles. The summed E-state index contributed by atoms with van der Waals surface area (Å²) in [6.07, 6.45) is 0. The van der Waals surface area contributed by atoms with Crippen LogP contribution in [-0.2, 0) is 11.3 Å². The second-order valence-electron chi connectivity index (χ2n) is 5.64. The fourth-order valence-electron chi connectivity index (χ4n) is 2.47. The lowest BCUT2D eigenvalue weighted by Gasteiger charge is -2.18. The Kier molecular flexibility index (Phi) is 7.79. The molecule has 134 valence electrons. The standard InChI is InChI=1S/C20H27N3O2/c1-16(17-9-5-4-6-10-17)23-20(21-2)22-13-14-25-15-18-11-7-8-12-19(18)24-3/h4-12,16H,13-15H2,1-3H3,(H2,21,22,23). The Bertz CT molecular complexity index is 659. The molecule has 0 saturated carbocycles. The van der Waals surface area contributed by atoms with E-state index < -0.39 is 0 Å². The van der Waals surface area contributed by atoms with E-state index >= 15 is 0 Å². The van der Waals surface area contributed by atoms with Crippen LogP contribution in [0.4, 0.5) is 0 Å². The summed E-state index contributed by atoms with van der Waals surface area (Å²) in [7, 11) is 3.44. The Balaban J connectivity index is 1.71. The smallest absolute Gasteiger partial charge is 0.191 e. The van der Waals surface area contributed by atoms with Crippen molar-refractivity contribution in [2.75, 3.05) is 27.3 Å². The van der Waals surface area contributed by atoms with Crippen LogP contribution in [0.2, 0.25) is 0 Å². The zero-order valence-corrected chi connectivity index (χ0v) is 15.2. The predicted octanol–water partition coefficient (Wildman–Crippen LogP) is 3.14. The van der Waals surface area contributed by atoms with E-state index in [4.69, 9.17) is 9.47 Å². The molecule has 0 heterocycles. The van der Waals surface area contributed by atoms with Crippen molar-refractivity contribution in [1.82, 2.24) is 10.6 Å². The molecule has 0 radical (unpaired) electrons. The summed E-state index contributed by atoms with van der Waals surface area (Å²) >= 11 is 0. The Hall–Kier alpha value is -2.53. The summed E-state index contributed by atoms with van der Waals surface area (Å²) in [6, 6.07) is 18.4. The third-order valence-electron chi connectivity index (χ3n) is 3.87. The Morgan fingerprint density at radius 3 is 2.52 bits per heavy atom. The van der Waals surface area contributed by atoms with Crippen molar-refractivity contribution < 1.29 is 9.47 Å². The first-order valence-electron chi connectivity index (χ1n) is 8.46. The van der Waals surface area contributed by atoms with Gasteiger partial charge in [-0.2, -0.15) is 0 Å². The summed E-state index contributed by atoms with van der Waals surface area (Å²) in [5, 5.41) is 6.64. The highest BCUT2D eigenvalue weighted by Crippen LogP contribution is 2.17. The van der Waals surface area contributed by atoms with Crippen LogP contribution in [0.15, 0.2) is 59.6 Å². The molecule has 5 nitrogen and oxygen atoms in total. The fourth-order valence-corrected chi connectivity index (χ4v) is 2.47. The Morgan fingerprint density at radius 2 is 1.80 bits per heavy atom. The molecule has 5 heteroatoms. The van der Waals surface area contributed by atoms with Crippen molar-refractivity contribution in [2.24, 2.45) is 4.99 Å². The molecule has 0 fully saturated rings. The van der Waals surface area contributed by atoms with Gasteiger partial charge in [0, 0.05) is 19.2 Å². The van der Waals surface area contributed by atoms with Gasteiger partial charge < -0.3 is 20.1 Å². The van der Waals surface area contributed by atoms with Crippen LogP contribution in [0, 0.1) is 0 Å². The van der Waals surface area contributed by atoms with Crippen molar-refractivity contribution >= 4 is 5.96 Å². The number of nitrogens with zero attached hydrogens (tertiary/aromatic N) is 1. The fraction of sp³-hybridized carbons (Fsp3) is 0.350. The van der Waals surface area contributed by atoms with Gasteiger partial charge in [-0.3, -0.25) is 4.99 Å². The van der Waals surface area contributed by atoms with Gasteiger partial charge in [-0.15, -0.1) is 0 Å². The van der Waals surface area contributed by atoms with Gasteiger partial charge in [0.15, 0.2) is 5.96 Å². The van der Waals surface area contributed by atoms with Crippen LogP contribution in [-0.4, -0.2) is 33.3 Å². The van der Waals surface area contributed by atoms with E-state index in [1.807, 2.05) is 42.5 Å². The van der Waals surface area contributed by atoms with Crippen LogP contribution < -0.4 is 15.4 Å². The van der Waals surface area contributed by atoms with Gasteiger partial charge in [-0.1, -0.05) is 48.5 Å². The van der Waals surface area contributed by atoms with Crippen molar-refractivity contribution in [3.8, 4) is 5.75 Å². The van der Waals surface area contributed by atoms with Crippen molar-refractivity contribution in [2.45, 2.75) is 19.6 Å². The number of rotatable bonds is 8. The number of ether oxygens (including phenoxy) is 2. The minimum atomic E-state index is 0.182. The van der Waals surface area contributed by atoms with Crippen LogP contribution in [0.1, 0.15) is 24.1 Å². The van der Waals surface area contributed by atoms with Crippen molar-refractivity contribution in [1.29, 1.82) is 0 Å². The molecule has 2 N–H and O–H groups in total. The summed E-state index contributed by atoms with van der Waals surface area (Å²) < 4.78 is 11.0. The maximum Gasteiger partial charge on any atom is 0.191 e. The van der Waals surface area contributed by atoms with E-state index in [0.717, 1.165) is 17.3 Å². The van der Waals surface area contributed by atoms with Crippen molar-refractivity contribution in [3.63, 3.8) is 0 Å². The average Bonchev–Trinajstić information content (AvgIpc) is 2.67. The van der Waals surface area contributed by atoms with Gasteiger partial charge in [-0.05, 0) is 18.6 Å². The second kappa shape index (κ2) is 10.4. The first-order chi connectivity index (χ1) is 12.2. The van der Waals surface area contributed by atoms with Gasteiger partial charge in [-0.25, -0.2) is 0 Å². The molecule has 2 rings (SSSR count). The molecule has 0 aliphatic heterocycles. The first-order valence-corrected chi connectivity index (χ1v) is 8.46. The molecule has 0 aromatic heterocycles. The van der Waals surface area contributed by atoms with Gasteiger partial charge in [0.2, 0.25) is 0 Å². The average molecular weight is 341 g/mol. The highest BCUT2D eigenvalue weighted by atomic mass is 16.5. The maximum atomic E-state index is 5.72.